The summed E-state index contributed by atoms with van der Waals surface area (Å²) in [6.07, 6.45) is 12.7. The minimum atomic E-state index is -0.417. The van der Waals surface area contributed by atoms with E-state index in [1.807, 2.05) is 0 Å². The number of esters is 1. The zero-order chi connectivity index (χ0) is 30.1. The number of H-pyrrole nitrogens is 1. The van der Waals surface area contributed by atoms with Crippen LogP contribution in [-0.2, 0) is 9.53 Å². The van der Waals surface area contributed by atoms with Crippen molar-refractivity contribution in [3.63, 3.8) is 0 Å². The zero-order valence-corrected chi connectivity index (χ0v) is 27.1. The van der Waals surface area contributed by atoms with Gasteiger partial charge in [-0.2, -0.15) is 5.21 Å². The predicted molar refractivity (Wildman–Crippen MR) is 163 cm³/mol. The van der Waals surface area contributed by atoms with Gasteiger partial charge in [-0.15, -0.1) is 5.10 Å². The van der Waals surface area contributed by atoms with Gasteiger partial charge in [-0.3, -0.25) is 4.79 Å². The molecule has 6 rings (SSSR count). The quantitative estimate of drug-likeness (QED) is 0.198. The van der Waals surface area contributed by atoms with Gasteiger partial charge in [0.1, 0.15) is 0 Å². The van der Waals surface area contributed by atoms with Crippen molar-refractivity contribution in [1.29, 1.82) is 0 Å². The fourth-order valence-electron chi connectivity index (χ4n) is 11.6. The third kappa shape index (κ3) is 4.16. The van der Waals surface area contributed by atoms with Crippen molar-refractivity contribution >= 4 is 11.9 Å². The molecule has 0 aliphatic heterocycles. The summed E-state index contributed by atoms with van der Waals surface area (Å²) in [6.45, 7) is 18.2. The van der Waals surface area contributed by atoms with Gasteiger partial charge in [0.25, 0.3) is 5.95 Å². The number of nitrogens with one attached hydrogen (secondary N) is 2. The van der Waals surface area contributed by atoms with E-state index in [0.717, 1.165) is 44.9 Å². The molecule has 0 saturated heterocycles. The van der Waals surface area contributed by atoms with Crippen LogP contribution in [0.5, 0.6) is 0 Å². The molecule has 5 aliphatic carbocycles. The summed E-state index contributed by atoms with van der Waals surface area (Å²) in [6, 6.07) is 0. The maximum atomic E-state index is 14.1. The summed E-state index contributed by atoms with van der Waals surface area (Å²) in [5, 5.41) is 28.0. The van der Waals surface area contributed by atoms with Crippen molar-refractivity contribution in [2.75, 3.05) is 18.5 Å². The van der Waals surface area contributed by atoms with Crippen molar-refractivity contribution in [2.45, 2.75) is 119 Å². The number of carbonyl (C=O) groups is 1. The molecule has 1 heterocycles. The van der Waals surface area contributed by atoms with Crippen LogP contribution in [0.25, 0.3) is 0 Å². The molecule has 8 heteroatoms. The molecule has 0 unspecified atom stereocenters. The average Bonchev–Trinajstić information content (AvgIpc) is 3.47. The van der Waals surface area contributed by atoms with Gasteiger partial charge in [0.2, 0.25) is 0 Å². The Labute approximate surface area is 252 Å². The van der Waals surface area contributed by atoms with Gasteiger partial charge in [0.15, 0.2) is 0 Å². The summed E-state index contributed by atoms with van der Waals surface area (Å²) < 4.78 is 6.11. The third-order valence-electron chi connectivity index (χ3n) is 14.6. The first-order valence-corrected chi connectivity index (χ1v) is 16.8. The SMILES string of the molecule is C[C@H]1[C@H](C)CC[C@]2(C(=O)OCCCNc3nn[nH]n3)CC[C@]3(C)C(=CC[C@@H]4[C@@]5(C)CC[C@H](O)C(C)(C)[C@@H]5CC[C@]43C)[C@H]12. The van der Waals surface area contributed by atoms with E-state index in [9.17, 15) is 9.90 Å². The Hall–Kier alpha value is -1.96. The molecular weight excluding hydrogens is 526 g/mol. The van der Waals surface area contributed by atoms with E-state index in [1.165, 1.54) is 12.8 Å². The number of aliphatic hydroxyl groups is 1. The highest BCUT2D eigenvalue weighted by Gasteiger charge is 2.69. The van der Waals surface area contributed by atoms with Crippen LogP contribution in [0.1, 0.15) is 113 Å². The van der Waals surface area contributed by atoms with E-state index in [1.54, 1.807) is 5.57 Å². The molecule has 3 N–H and O–H groups in total. The number of fused-ring (bicyclic) bond motifs is 7. The van der Waals surface area contributed by atoms with Crippen LogP contribution in [0, 0.1) is 56.7 Å². The molecule has 0 radical (unpaired) electrons. The summed E-state index contributed by atoms with van der Waals surface area (Å²) in [7, 11) is 0. The molecule has 10 atom stereocenters. The molecule has 1 aromatic rings. The first-order chi connectivity index (χ1) is 19.8. The Morgan fingerprint density at radius 1 is 1.05 bits per heavy atom. The van der Waals surface area contributed by atoms with Crippen LogP contribution in [0.15, 0.2) is 11.6 Å². The average molecular weight is 582 g/mol. The molecular formula is C34H55N5O3. The lowest BCUT2D eigenvalue weighted by Crippen LogP contribution is -2.65. The number of anilines is 1. The lowest BCUT2D eigenvalue weighted by atomic mass is 9.33. The van der Waals surface area contributed by atoms with Gasteiger partial charge < -0.3 is 15.2 Å². The molecule has 0 amide bonds. The number of ether oxygens (including phenoxy) is 1. The Bertz CT molecular complexity index is 1200. The Morgan fingerprint density at radius 2 is 1.83 bits per heavy atom. The van der Waals surface area contributed by atoms with Gasteiger partial charge in [-0.25, -0.2) is 0 Å². The summed E-state index contributed by atoms with van der Waals surface area (Å²) >= 11 is 0. The smallest absolute Gasteiger partial charge is 0.312 e. The summed E-state index contributed by atoms with van der Waals surface area (Å²) in [5.74, 6) is 2.94. The van der Waals surface area contributed by atoms with Crippen LogP contribution < -0.4 is 5.32 Å². The highest BCUT2D eigenvalue weighted by Crippen LogP contribution is 2.75. The van der Waals surface area contributed by atoms with Crippen molar-refractivity contribution in [2.24, 2.45) is 56.7 Å². The molecule has 0 spiro atoms. The molecule has 8 nitrogen and oxygen atoms in total. The number of carbonyl (C=O) groups excluding carboxylic acids is 1. The molecule has 234 valence electrons. The van der Waals surface area contributed by atoms with Crippen LogP contribution in [0.4, 0.5) is 5.95 Å². The zero-order valence-electron chi connectivity index (χ0n) is 27.1. The lowest BCUT2D eigenvalue weighted by Gasteiger charge is -2.71. The monoisotopic (exact) mass is 581 g/mol. The molecule has 4 fully saturated rings. The second-order valence-electron chi connectivity index (χ2n) is 16.3. The predicted octanol–water partition coefficient (Wildman–Crippen LogP) is 6.56. The Kier molecular flexibility index (Phi) is 7.38. The number of aliphatic hydroxyl groups excluding tert-OH is 1. The number of tetrazole rings is 1. The van der Waals surface area contributed by atoms with E-state index >= 15 is 0 Å². The van der Waals surface area contributed by atoms with Crippen LogP contribution in [0.2, 0.25) is 0 Å². The van der Waals surface area contributed by atoms with Crippen LogP contribution in [0.3, 0.4) is 0 Å². The Balaban J connectivity index is 1.27. The molecule has 4 saturated carbocycles. The first kappa shape index (κ1) is 30.1. The largest absolute Gasteiger partial charge is 0.465 e. The number of aromatic nitrogens is 4. The fraction of sp³-hybridized carbons (Fsp3) is 0.882. The van der Waals surface area contributed by atoms with Gasteiger partial charge in [0, 0.05) is 6.54 Å². The van der Waals surface area contributed by atoms with Gasteiger partial charge in [0.05, 0.1) is 18.1 Å². The number of rotatable bonds is 6. The van der Waals surface area contributed by atoms with E-state index in [-0.39, 0.29) is 39.7 Å². The standard InChI is InChI=1S/C34H55N5O3/c1-21-11-16-34(28(41)42-20-8-19-35-29-36-38-39-37-29)18-17-32(6)23(27(34)22(21)2)9-10-25-31(5)14-13-26(40)30(3,4)24(31)12-15-33(25,32)7/h9,21-22,24-27,40H,8,10-20H2,1-7H3,(H2,35,36,37,38,39)/t21-,22+,24+,25-,26+,27+,31+,32-,33-,34+/m1/s1. The minimum Gasteiger partial charge on any atom is -0.465 e. The van der Waals surface area contributed by atoms with Gasteiger partial charge in [-0.1, -0.05) is 65.2 Å². The summed E-state index contributed by atoms with van der Waals surface area (Å²) in [5.41, 5.74) is 1.63. The number of allylic oxidation sites excluding steroid dienone is 2. The van der Waals surface area contributed by atoms with Crippen molar-refractivity contribution in [3.05, 3.63) is 11.6 Å². The van der Waals surface area contributed by atoms with Crippen LogP contribution in [-0.4, -0.2) is 51.0 Å². The highest BCUT2D eigenvalue weighted by atomic mass is 16.5. The minimum absolute atomic E-state index is 0.0275. The summed E-state index contributed by atoms with van der Waals surface area (Å²) in [4.78, 5) is 14.1. The molecule has 0 bridgehead atoms. The number of hydrogen-bond acceptors (Lipinski definition) is 7. The normalized spacial score (nSPS) is 45.9. The van der Waals surface area contributed by atoms with Gasteiger partial charge in [-0.05, 0) is 121 Å². The maximum Gasteiger partial charge on any atom is 0.312 e. The second kappa shape index (κ2) is 10.3. The fourth-order valence-corrected chi connectivity index (χ4v) is 11.6. The van der Waals surface area contributed by atoms with E-state index in [0.29, 0.717) is 49.2 Å². The first-order valence-electron chi connectivity index (χ1n) is 16.8. The van der Waals surface area contributed by atoms with Crippen molar-refractivity contribution < 1.29 is 14.6 Å². The molecule has 1 aromatic heterocycles. The molecule has 0 aromatic carbocycles. The lowest BCUT2D eigenvalue weighted by molar-refractivity contribution is -0.207. The maximum absolute atomic E-state index is 14.1. The highest BCUT2D eigenvalue weighted by molar-refractivity contribution is 5.79. The molecule has 5 aliphatic rings. The number of hydrogen-bond donors (Lipinski definition) is 3. The third-order valence-corrected chi connectivity index (χ3v) is 14.6. The molecule has 42 heavy (non-hydrogen) atoms. The van der Waals surface area contributed by atoms with Crippen molar-refractivity contribution in [3.8, 4) is 0 Å². The van der Waals surface area contributed by atoms with Crippen molar-refractivity contribution in [1.82, 2.24) is 20.6 Å². The van der Waals surface area contributed by atoms with Gasteiger partial charge >= 0.3 is 5.97 Å². The second-order valence-corrected chi connectivity index (χ2v) is 16.3. The van der Waals surface area contributed by atoms with Crippen LogP contribution >= 0.6 is 0 Å². The topological polar surface area (TPSA) is 113 Å². The van der Waals surface area contributed by atoms with E-state index in [4.69, 9.17) is 4.74 Å². The van der Waals surface area contributed by atoms with E-state index < -0.39 is 5.41 Å². The van der Waals surface area contributed by atoms with E-state index in [2.05, 4.69) is 80.5 Å². The number of nitrogens with zero attached hydrogens (tertiary/aromatic N) is 3. The Morgan fingerprint density at radius 3 is 2.57 bits per heavy atom. The number of aromatic amines is 1.